The van der Waals surface area contributed by atoms with Gasteiger partial charge in [-0.2, -0.15) is 0 Å². The van der Waals surface area contributed by atoms with Crippen molar-refractivity contribution >= 4 is 28.8 Å². The number of carbonyl (C=O) groups excluding carboxylic acids is 2. The van der Waals surface area contributed by atoms with Crippen molar-refractivity contribution in [3.8, 4) is 5.75 Å². The van der Waals surface area contributed by atoms with Gasteiger partial charge in [0.05, 0.1) is 17.2 Å². The van der Waals surface area contributed by atoms with Gasteiger partial charge in [-0.1, -0.05) is 12.1 Å². The molecule has 1 saturated heterocycles. The van der Waals surface area contributed by atoms with Crippen LogP contribution in [-0.4, -0.2) is 23.3 Å². The fourth-order valence-electron chi connectivity index (χ4n) is 3.40. The Hall–Kier alpha value is -3.19. The topological polar surface area (TPSA) is 71.5 Å². The third-order valence-corrected chi connectivity index (χ3v) is 5.75. The van der Waals surface area contributed by atoms with Gasteiger partial charge in [0.25, 0.3) is 5.91 Å². The molecule has 4 rings (SSSR count). The SMILES string of the molecule is CC(NC(=O)c1ccc(OCc2cscn2)cc1)c1ccc(N2CCCC2=O)cc1. The first-order valence-electron chi connectivity index (χ1n) is 9.91. The second-order valence-electron chi connectivity index (χ2n) is 7.23. The minimum absolute atomic E-state index is 0.146. The molecule has 0 aliphatic carbocycles. The second-order valence-corrected chi connectivity index (χ2v) is 7.95. The number of amides is 2. The summed E-state index contributed by atoms with van der Waals surface area (Å²) in [7, 11) is 0. The number of carbonyl (C=O) groups is 2. The zero-order chi connectivity index (χ0) is 20.9. The summed E-state index contributed by atoms with van der Waals surface area (Å²) >= 11 is 1.53. The van der Waals surface area contributed by atoms with Gasteiger partial charge in [-0.3, -0.25) is 9.59 Å². The van der Waals surface area contributed by atoms with Crippen molar-refractivity contribution in [3.63, 3.8) is 0 Å². The zero-order valence-corrected chi connectivity index (χ0v) is 17.5. The molecule has 7 heteroatoms. The Bertz CT molecular complexity index is 1000. The van der Waals surface area contributed by atoms with Gasteiger partial charge in [0, 0.05) is 29.6 Å². The quantitative estimate of drug-likeness (QED) is 0.616. The molecule has 2 aromatic carbocycles. The molecular formula is C23H23N3O3S. The molecule has 3 aromatic rings. The average Bonchev–Trinajstić information content (AvgIpc) is 3.44. The molecule has 1 unspecified atom stereocenters. The molecule has 30 heavy (non-hydrogen) atoms. The molecular weight excluding hydrogens is 398 g/mol. The molecule has 1 aliphatic heterocycles. The predicted molar refractivity (Wildman–Crippen MR) is 117 cm³/mol. The van der Waals surface area contributed by atoms with Crippen LogP contribution in [-0.2, 0) is 11.4 Å². The highest BCUT2D eigenvalue weighted by Gasteiger charge is 2.21. The Morgan fingerprint density at radius 3 is 2.60 bits per heavy atom. The maximum absolute atomic E-state index is 12.6. The van der Waals surface area contributed by atoms with Gasteiger partial charge >= 0.3 is 0 Å². The van der Waals surface area contributed by atoms with Crippen molar-refractivity contribution in [1.29, 1.82) is 0 Å². The van der Waals surface area contributed by atoms with Crippen molar-refractivity contribution in [3.05, 3.63) is 76.2 Å². The monoisotopic (exact) mass is 421 g/mol. The lowest BCUT2D eigenvalue weighted by atomic mass is 10.1. The van der Waals surface area contributed by atoms with Crippen LogP contribution in [0, 0.1) is 0 Å². The van der Waals surface area contributed by atoms with Gasteiger partial charge in [-0.05, 0) is 55.3 Å². The van der Waals surface area contributed by atoms with E-state index in [2.05, 4.69) is 10.3 Å². The maximum Gasteiger partial charge on any atom is 0.251 e. The minimum Gasteiger partial charge on any atom is -0.487 e. The van der Waals surface area contributed by atoms with E-state index in [4.69, 9.17) is 4.74 Å². The molecule has 0 saturated carbocycles. The molecule has 1 fully saturated rings. The normalized spacial score (nSPS) is 14.6. The van der Waals surface area contributed by atoms with Crippen LogP contribution < -0.4 is 15.0 Å². The zero-order valence-electron chi connectivity index (χ0n) is 16.7. The molecule has 0 bridgehead atoms. The Morgan fingerprint density at radius 1 is 1.20 bits per heavy atom. The smallest absolute Gasteiger partial charge is 0.251 e. The fraction of sp³-hybridized carbons (Fsp3) is 0.261. The van der Waals surface area contributed by atoms with E-state index in [0.29, 0.717) is 24.3 Å². The van der Waals surface area contributed by atoms with Crippen LogP contribution in [0.3, 0.4) is 0 Å². The van der Waals surface area contributed by atoms with Crippen LogP contribution in [0.15, 0.2) is 59.4 Å². The van der Waals surface area contributed by atoms with Gasteiger partial charge in [0.15, 0.2) is 0 Å². The Balaban J connectivity index is 1.33. The van der Waals surface area contributed by atoms with Crippen LogP contribution in [0.1, 0.15) is 47.4 Å². The Kier molecular flexibility index (Phi) is 6.09. The highest BCUT2D eigenvalue weighted by Crippen LogP contribution is 2.24. The molecule has 1 atom stereocenters. The van der Waals surface area contributed by atoms with Crippen molar-refractivity contribution in [2.24, 2.45) is 0 Å². The average molecular weight is 422 g/mol. The maximum atomic E-state index is 12.6. The molecule has 0 spiro atoms. The summed E-state index contributed by atoms with van der Waals surface area (Å²) in [5, 5.41) is 4.96. The molecule has 6 nitrogen and oxygen atoms in total. The molecule has 0 radical (unpaired) electrons. The number of anilines is 1. The summed E-state index contributed by atoms with van der Waals surface area (Å²) in [6.07, 6.45) is 1.52. The van der Waals surface area contributed by atoms with Gasteiger partial charge in [0.1, 0.15) is 12.4 Å². The first-order chi connectivity index (χ1) is 14.6. The number of rotatable bonds is 7. The number of thiazole rings is 1. The van der Waals surface area contributed by atoms with Crippen molar-refractivity contribution in [1.82, 2.24) is 10.3 Å². The van der Waals surface area contributed by atoms with Gasteiger partial charge < -0.3 is 15.0 Å². The first kappa shape index (κ1) is 20.1. The summed E-state index contributed by atoms with van der Waals surface area (Å²) in [5.41, 5.74) is 5.13. The van der Waals surface area contributed by atoms with E-state index >= 15 is 0 Å². The minimum atomic E-state index is -0.151. The molecule has 1 N–H and O–H groups in total. The standard InChI is InChI=1S/C23H23N3O3S/c1-16(17-4-8-20(9-5-17)26-12-2-3-22(26)27)25-23(28)18-6-10-21(11-7-18)29-13-19-14-30-15-24-19/h4-11,14-16H,2-3,12-13H2,1H3,(H,25,28). The van der Waals surface area contributed by atoms with E-state index in [1.54, 1.807) is 29.8 Å². The first-order valence-corrected chi connectivity index (χ1v) is 10.9. The van der Waals surface area contributed by atoms with Crippen LogP contribution >= 0.6 is 11.3 Å². The van der Waals surface area contributed by atoms with Gasteiger partial charge in [-0.15, -0.1) is 11.3 Å². The van der Waals surface area contributed by atoms with E-state index in [-0.39, 0.29) is 17.9 Å². The number of nitrogens with one attached hydrogen (secondary N) is 1. The highest BCUT2D eigenvalue weighted by atomic mass is 32.1. The van der Waals surface area contributed by atoms with Crippen molar-refractivity contribution in [2.45, 2.75) is 32.4 Å². The second kappa shape index (κ2) is 9.09. The molecule has 2 amide bonds. The summed E-state index contributed by atoms with van der Waals surface area (Å²) in [4.78, 5) is 30.5. The Labute approximate surface area is 179 Å². The van der Waals surface area contributed by atoms with Crippen molar-refractivity contribution in [2.75, 3.05) is 11.4 Å². The summed E-state index contributed by atoms with van der Waals surface area (Å²) in [5.74, 6) is 0.718. The van der Waals surface area contributed by atoms with E-state index < -0.39 is 0 Å². The predicted octanol–water partition coefficient (Wildman–Crippen LogP) is 4.34. The Morgan fingerprint density at radius 2 is 1.97 bits per heavy atom. The number of hydrogen-bond donors (Lipinski definition) is 1. The number of aromatic nitrogens is 1. The molecule has 2 heterocycles. The summed E-state index contributed by atoms with van der Waals surface area (Å²) < 4.78 is 5.68. The lowest BCUT2D eigenvalue weighted by Crippen LogP contribution is -2.27. The van der Waals surface area contributed by atoms with Crippen LogP contribution in [0.25, 0.3) is 0 Å². The summed E-state index contributed by atoms with van der Waals surface area (Å²) in [6.45, 7) is 3.12. The summed E-state index contributed by atoms with van der Waals surface area (Å²) in [6, 6.07) is 14.7. The van der Waals surface area contributed by atoms with Gasteiger partial charge in [0.2, 0.25) is 5.91 Å². The highest BCUT2D eigenvalue weighted by molar-refractivity contribution is 7.07. The van der Waals surface area contributed by atoms with Crippen LogP contribution in [0.5, 0.6) is 5.75 Å². The van der Waals surface area contributed by atoms with E-state index in [1.165, 1.54) is 11.3 Å². The third kappa shape index (κ3) is 4.68. The van der Waals surface area contributed by atoms with Crippen LogP contribution in [0.2, 0.25) is 0 Å². The van der Waals surface area contributed by atoms with Crippen LogP contribution in [0.4, 0.5) is 5.69 Å². The number of benzene rings is 2. The third-order valence-electron chi connectivity index (χ3n) is 5.11. The number of hydrogen-bond acceptors (Lipinski definition) is 5. The lowest BCUT2D eigenvalue weighted by Gasteiger charge is -2.18. The number of nitrogens with zero attached hydrogens (tertiary/aromatic N) is 2. The fourth-order valence-corrected chi connectivity index (χ4v) is 3.94. The number of ether oxygens (including phenoxy) is 1. The molecule has 1 aromatic heterocycles. The lowest BCUT2D eigenvalue weighted by molar-refractivity contribution is -0.117. The van der Waals surface area contributed by atoms with E-state index in [9.17, 15) is 9.59 Å². The van der Waals surface area contributed by atoms with E-state index in [0.717, 1.165) is 29.9 Å². The van der Waals surface area contributed by atoms with Crippen molar-refractivity contribution < 1.29 is 14.3 Å². The molecule has 154 valence electrons. The molecule has 1 aliphatic rings. The largest absolute Gasteiger partial charge is 0.487 e. The van der Waals surface area contributed by atoms with E-state index in [1.807, 2.05) is 41.5 Å². The van der Waals surface area contributed by atoms with Gasteiger partial charge in [-0.25, -0.2) is 4.98 Å².